The van der Waals surface area contributed by atoms with E-state index in [2.05, 4.69) is 9.97 Å². The van der Waals surface area contributed by atoms with Crippen LogP contribution < -0.4 is 5.56 Å². The van der Waals surface area contributed by atoms with E-state index >= 15 is 0 Å². The molecule has 0 saturated carbocycles. The average Bonchev–Trinajstić information content (AvgIpc) is 2.32. The lowest BCUT2D eigenvalue weighted by molar-refractivity contribution is -0.207. The monoisotopic (exact) mass is 259 g/mol. The lowest BCUT2D eigenvalue weighted by Gasteiger charge is -2.15. The number of hydrogen-bond acceptors (Lipinski definition) is 4. The van der Waals surface area contributed by atoms with Gasteiger partial charge in [0.2, 0.25) is 0 Å². The lowest BCUT2D eigenvalue weighted by atomic mass is 10.3. The van der Waals surface area contributed by atoms with Crippen LogP contribution in [0.15, 0.2) is 29.6 Å². The van der Waals surface area contributed by atoms with Crippen LogP contribution in [-0.2, 0) is 6.54 Å². The van der Waals surface area contributed by atoms with E-state index < -0.39 is 24.4 Å². The van der Waals surface area contributed by atoms with Gasteiger partial charge in [-0.25, -0.2) is 4.98 Å². The van der Waals surface area contributed by atoms with Crippen molar-refractivity contribution < 1.29 is 18.3 Å². The molecule has 0 aliphatic carbocycles. The Labute approximate surface area is 98.5 Å². The molecule has 0 amide bonds. The number of halogens is 3. The van der Waals surface area contributed by atoms with Gasteiger partial charge < -0.3 is 5.11 Å². The Morgan fingerprint density at radius 1 is 1.44 bits per heavy atom. The van der Waals surface area contributed by atoms with Gasteiger partial charge in [-0.3, -0.25) is 14.3 Å². The molecule has 0 radical (unpaired) electrons. The summed E-state index contributed by atoms with van der Waals surface area (Å²) in [6.07, 6.45) is -3.73. The summed E-state index contributed by atoms with van der Waals surface area (Å²) in [6.45, 7) is -0.881. The fraction of sp³-hybridized carbons (Fsp3) is 0.300. The molecule has 0 unspecified atom stereocenters. The van der Waals surface area contributed by atoms with Crippen LogP contribution in [0.3, 0.4) is 0 Å². The number of hydrogen-bond donors (Lipinski definition) is 1. The van der Waals surface area contributed by atoms with Gasteiger partial charge >= 0.3 is 6.18 Å². The lowest BCUT2D eigenvalue weighted by Crippen LogP contribution is -2.36. The summed E-state index contributed by atoms with van der Waals surface area (Å²) in [6, 6.07) is 1.36. The molecule has 0 saturated heterocycles. The topological polar surface area (TPSA) is 68.0 Å². The molecule has 5 nitrogen and oxygen atoms in total. The van der Waals surface area contributed by atoms with Crippen molar-refractivity contribution in [1.82, 2.24) is 14.5 Å². The smallest absolute Gasteiger partial charge is 0.382 e. The fourth-order valence-electron chi connectivity index (χ4n) is 1.43. The van der Waals surface area contributed by atoms with E-state index in [0.29, 0.717) is 5.52 Å². The van der Waals surface area contributed by atoms with Crippen molar-refractivity contribution in [3.05, 3.63) is 35.1 Å². The number of aromatic nitrogens is 3. The molecule has 0 fully saturated rings. The first-order chi connectivity index (χ1) is 8.39. The average molecular weight is 259 g/mol. The maximum Gasteiger partial charge on any atom is 0.416 e. The molecule has 1 atom stereocenters. The molecule has 0 bridgehead atoms. The number of fused-ring (bicyclic) bond motifs is 1. The van der Waals surface area contributed by atoms with Gasteiger partial charge in [-0.1, -0.05) is 0 Å². The number of aliphatic hydroxyl groups excluding tert-OH is 1. The molecule has 2 heterocycles. The number of pyridine rings is 1. The van der Waals surface area contributed by atoms with Crippen molar-refractivity contribution in [3.63, 3.8) is 0 Å². The molecule has 2 aromatic heterocycles. The predicted octanol–water partition coefficient (Wildman–Crippen LogP) is 0.715. The van der Waals surface area contributed by atoms with Crippen LogP contribution in [0, 0.1) is 0 Å². The van der Waals surface area contributed by atoms with Gasteiger partial charge in [0.05, 0.1) is 30.0 Å². The van der Waals surface area contributed by atoms with E-state index in [1.807, 2.05) is 0 Å². The molecular weight excluding hydrogens is 251 g/mol. The van der Waals surface area contributed by atoms with Crippen LogP contribution in [-0.4, -0.2) is 31.9 Å². The van der Waals surface area contributed by atoms with Gasteiger partial charge in [-0.2, -0.15) is 13.2 Å². The molecule has 0 spiro atoms. The van der Waals surface area contributed by atoms with Crippen molar-refractivity contribution in [2.45, 2.75) is 18.8 Å². The Hall–Kier alpha value is -1.96. The Kier molecular flexibility index (Phi) is 3.04. The van der Waals surface area contributed by atoms with Crippen LogP contribution in [0.25, 0.3) is 10.9 Å². The minimum atomic E-state index is -4.77. The zero-order valence-corrected chi connectivity index (χ0v) is 8.92. The van der Waals surface area contributed by atoms with E-state index in [9.17, 15) is 18.0 Å². The van der Waals surface area contributed by atoms with Crippen LogP contribution in [0.4, 0.5) is 13.2 Å². The van der Waals surface area contributed by atoms with Crippen molar-refractivity contribution in [1.29, 1.82) is 0 Å². The molecule has 1 N–H and O–H groups in total. The zero-order chi connectivity index (χ0) is 13.3. The second kappa shape index (κ2) is 4.37. The third-order valence-electron chi connectivity index (χ3n) is 2.37. The third kappa shape index (κ3) is 2.33. The van der Waals surface area contributed by atoms with Gasteiger partial charge in [-0.15, -0.1) is 0 Å². The second-order valence-corrected chi connectivity index (χ2v) is 3.65. The van der Waals surface area contributed by atoms with E-state index in [1.165, 1.54) is 18.5 Å². The Balaban J connectivity index is 2.41. The maximum absolute atomic E-state index is 12.2. The molecular formula is C10H8F3N3O2. The highest BCUT2D eigenvalue weighted by atomic mass is 19.4. The summed E-state index contributed by atoms with van der Waals surface area (Å²) >= 11 is 0. The predicted molar refractivity (Wildman–Crippen MR) is 55.9 cm³/mol. The number of aliphatic hydroxyl groups is 1. The standard InChI is InChI=1S/C10H8F3N3O2/c11-10(12,13)8(17)4-16-5-15-7-3-14-2-1-6(7)9(16)18/h1-3,5,8,17H,4H2/t8-/m1/s1. The molecule has 2 rings (SSSR count). The molecule has 18 heavy (non-hydrogen) atoms. The van der Waals surface area contributed by atoms with Gasteiger partial charge in [0, 0.05) is 6.20 Å². The zero-order valence-electron chi connectivity index (χ0n) is 8.92. The summed E-state index contributed by atoms with van der Waals surface area (Å²) in [5.41, 5.74) is -0.356. The van der Waals surface area contributed by atoms with Crippen LogP contribution >= 0.6 is 0 Å². The summed E-state index contributed by atoms with van der Waals surface area (Å²) in [7, 11) is 0. The molecule has 0 aliphatic heterocycles. The highest BCUT2D eigenvalue weighted by Gasteiger charge is 2.38. The highest BCUT2D eigenvalue weighted by Crippen LogP contribution is 2.20. The van der Waals surface area contributed by atoms with Gasteiger partial charge in [-0.05, 0) is 6.07 Å². The van der Waals surface area contributed by atoms with Gasteiger partial charge in [0.1, 0.15) is 0 Å². The van der Waals surface area contributed by atoms with Crippen molar-refractivity contribution >= 4 is 10.9 Å². The van der Waals surface area contributed by atoms with Crippen LogP contribution in [0.5, 0.6) is 0 Å². The van der Waals surface area contributed by atoms with Gasteiger partial charge in [0.25, 0.3) is 5.56 Å². The summed E-state index contributed by atoms with van der Waals surface area (Å²) in [5, 5.41) is 9.07. The van der Waals surface area contributed by atoms with E-state index in [1.54, 1.807) is 0 Å². The van der Waals surface area contributed by atoms with Gasteiger partial charge in [0.15, 0.2) is 6.10 Å². The normalized spacial score (nSPS) is 13.8. The van der Waals surface area contributed by atoms with Crippen molar-refractivity contribution in [3.8, 4) is 0 Å². The SMILES string of the molecule is O=c1c2ccncc2ncn1C[C@@H](O)C(F)(F)F. The first-order valence-corrected chi connectivity index (χ1v) is 4.93. The molecule has 0 aliphatic rings. The summed E-state index contributed by atoms with van der Waals surface area (Å²) in [5.74, 6) is 0. The molecule has 0 aromatic carbocycles. The van der Waals surface area contributed by atoms with Crippen LogP contribution in [0.1, 0.15) is 0 Å². The van der Waals surface area contributed by atoms with E-state index in [0.717, 1.165) is 10.9 Å². The Bertz CT molecular complexity index is 624. The van der Waals surface area contributed by atoms with E-state index in [-0.39, 0.29) is 5.39 Å². The maximum atomic E-state index is 12.2. The summed E-state index contributed by atoms with van der Waals surface area (Å²) in [4.78, 5) is 19.4. The van der Waals surface area contributed by atoms with Crippen LogP contribution in [0.2, 0.25) is 0 Å². The Morgan fingerprint density at radius 2 is 2.17 bits per heavy atom. The Morgan fingerprint density at radius 3 is 2.83 bits per heavy atom. The minimum absolute atomic E-state index is 0.155. The minimum Gasteiger partial charge on any atom is -0.382 e. The number of alkyl halides is 3. The molecule has 8 heteroatoms. The first kappa shape index (κ1) is 12.5. The number of rotatable bonds is 2. The number of nitrogens with zero attached hydrogens (tertiary/aromatic N) is 3. The van der Waals surface area contributed by atoms with Crippen molar-refractivity contribution in [2.75, 3.05) is 0 Å². The molecule has 96 valence electrons. The first-order valence-electron chi connectivity index (χ1n) is 4.93. The highest BCUT2D eigenvalue weighted by molar-refractivity contribution is 5.75. The summed E-state index contributed by atoms with van der Waals surface area (Å²) < 4.78 is 37.3. The third-order valence-corrected chi connectivity index (χ3v) is 2.37. The van der Waals surface area contributed by atoms with E-state index in [4.69, 9.17) is 5.11 Å². The fourth-order valence-corrected chi connectivity index (χ4v) is 1.43. The second-order valence-electron chi connectivity index (χ2n) is 3.65. The largest absolute Gasteiger partial charge is 0.416 e. The quantitative estimate of drug-likeness (QED) is 0.862. The van der Waals surface area contributed by atoms with Crippen molar-refractivity contribution in [2.24, 2.45) is 0 Å². The molecule has 2 aromatic rings.